The van der Waals surface area contributed by atoms with Crippen LogP contribution in [0, 0.1) is 0 Å². The predicted molar refractivity (Wildman–Crippen MR) is 54.4 cm³/mol. The van der Waals surface area contributed by atoms with Gasteiger partial charge in [-0.05, 0) is 12.1 Å². The lowest BCUT2D eigenvalue weighted by molar-refractivity contribution is 0.484. The van der Waals surface area contributed by atoms with E-state index in [1.54, 1.807) is 6.07 Å². The Balaban J connectivity index is 2.90. The van der Waals surface area contributed by atoms with Gasteiger partial charge in [-0.1, -0.05) is 17.7 Å². The minimum absolute atomic E-state index is 0.210. The number of aromatic nitrogens is 1. The second-order valence-corrected chi connectivity index (χ2v) is 5.55. The molecule has 4 nitrogen and oxygen atoms in total. The number of hydrogen-bond acceptors (Lipinski definition) is 4. The van der Waals surface area contributed by atoms with Crippen LogP contribution in [-0.2, 0) is 10.1 Å². The first kappa shape index (κ1) is 9.85. The third-order valence-electron chi connectivity index (χ3n) is 1.63. The number of fused-ring (bicyclic) bond motifs is 1. The van der Waals surface area contributed by atoms with E-state index in [0.717, 1.165) is 11.3 Å². The molecular formula is C7H4ClNO3S2. The van der Waals surface area contributed by atoms with Crippen molar-refractivity contribution in [1.29, 1.82) is 0 Å². The first-order chi connectivity index (χ1) is 6.48. The minimum atomic E-state index is -4.23. The van der Waals surface area contributed by atoms with Gasteiger partial charge in [-0.15, -0.1) is 11.3 Å². The van der Waals surface area contributed by atoms with Crippen LogP contribution in [0.25, 0.3) is 10.2 Å². The van der Waals surface area contributed by atoms with Crippen molar-refractivity contribution < 1.29 is 13.0 Å². The molecule has 0 aliphatic heterocycles. The molecule has 1 N–H and O–H groups in total. The quantitative estimate of drug-likeness (QED) is 0.787. The fourth-order valence-corrected chi connectivity index (χ4v) is 2.87. The number of nitrogens with zero attached hydrogens (tertiary/aromatic N) is 1. The van der Waals surface area contributed by atoms with Crippen molar-refractivity contribution in [1.82, 2.24) is 4.98 Å². The molecule has 7 heteroatoms. The van der Waals surface area contributed by atoms with Crippen molar-refractivity contribution in [3.8, 4) is 0 Å². The molecule has 0 amide bonds. The van der Waals surface area contributed by atoms with Gasteiger partial charge in [-0.2, -0.15) is 8.42 Å². The molecule has 1 aromatic heterocycles. The van der Waals surface area contributed by atoms with Crippen molar-refractivity contribution in [3.63, 3.8) is 0 Å². The van der Waals surface area contributed by atoms with Crippen LogP contribution in [0.3, 0.4) is 0 Å². The molecule has 0 aliphatic carbocycles. The molecule has 0 fully saturated rings. The number of halogens is 1. The monoisotopic (exact) mass is 249 g/mol. The van der Waals surface area contributed by atoms with E-state index in [4.69, 9.17) is 16.2 Å². The van der Waals surface area contributed by atoms with Crippen LogP contribution in [0.4, 0.5) is 0 Å². The van der Waals surface area contributed by atoms with Gasteiger partial charge in [0, 0.05) is 0 Å². The van der Waals surface area contributed by atoms with Crippen LogP contribution >= 0.6 is 22.9 Å². The standard InChI is InChI=1S/C7H4ClNO3S2/c8-7-9-6-4(13-7)2-1-3-5(6)14(10,11)12/h1-3H,(H,10,11,12). The highest BCUT2D eigenvalue weighted by molar-refractivity contribution is 7.86. The molecule has 2 aromatic rings. The molecule has 74 valence electrons. The lowest BCUT2D eigenvalue weighted by atomic mass is 10.3. The molecule has 0 bridgehead atoms. The van der Waals surface area contributed by atoms with Gasteiger partial charge < -0.3 is 0 Å². The SMILES string of the molecule is O=S(=O)(O)c1cccc2sc(Cl)nc12. The molecule has 0 unspecified atom stereocenters. The average molecular weight is 250 g/mol. The summed E-state index contributed by atoms with van der Waals surface area (Å²) in [5.74, 6) is 0. The van der Waals surface area contributed by atoms with Crippen molar-refractivity contribution in [2.45, 2.75) is 4.90 Å². The van der Waals surface area contributed by atoms with Crippen molar-refractivity contribution >= 4 is 43.3 Å². The van der Waals surface area contributed by atoms with Gasteiger partial charge >= 0.3 is 0 Å². The van der Waals surface area contributed by atoms with Gasteiger partial charge in [0.1, 0.15) is 10.4 Å². The Labute approximate surface area is 88.9 Å². The highest BCUT2D eigenvalue weighted by atomic mass is 35.5. The maximum absolute atomic E-state index is 10.9. The highest BCUT2D eigenvalue weighted by Crippen LogP contribution is 2.29. The smallest absolute Gasteiger partial charge is 0.282 e. The summed E-state index contributed by atoms with van der Waals surface area (Å²) in [6.45, 7) is 0. The zero-order valence-corrected chi connectivity index (χ0v) is 9.03. The van der Waals surface area contributed by atoms with Crippen molar-refractivity contribution in [3.05, 3.63) is 22.7 Å². The Morgan fingerprint density at radius 2 is 2.14 bits per heavy atom. The summed E-state index contributed by atoms with van der Waals surface area (Å²) in [7, 11) is -4.23. The maximum Gasteiger partial charge on any atom is 0.296 e. The summed E-state index contributed by atoms with van der Waals surface area (Å²) in [6, 6.07) is 4.50. The number of thiazole rings is 1. The Hall–Kier alpha value is -0.690. The van der Waals surface area contributed by atoms with Crippen molar-refractivity contribution in [2.24, 2.45) is 0 Å². The Morgan fingerprint density at radius 3 is 2.79 bits per heavy atom. The minimum Gasteiger partial charge on any atom is -0.282 e. The molecule has 1 heterocycles. The predicted octanol–water partition coefficient (Wildman–Crippen LogP) is 2.20. The summed E-state index contributed by atoms with van der Waals surface area (Å²) in [5, 5.41) is 0. The number of benzene rings is 1. The van der Waals surface area contributed by atoms with E-state index in [2.05, 4.69) is 4.98 Å². The summed E-state index contributed by atoms with van der Waals surface area (Å²) in [4.78, 5) is 3.61. The average Bonchev–Trinajstić information content (AvgIpc) is 2.41. The van der Waals surface area contributed by atoms with Crippen LogP contribution in [0.5, 0.6) is 0 Å². The second kappa shape index (κ2) is 3.16. The third kappa shape index (κ3) is 1.61. The molecular weight excluding hydrogens is 246 g/mol. The van der Waals surface area contributed by atoms with Crippen LogP contribution in [-0.4, -0.2) is 18.0 Å². The first-order valence-electron chi connectivity index (χ1n) is 3.51. The van der Waals surface area contributed by atoms with Crippen molar-refractivity contribution in [2.75, 3.05) is 0 Å². The highest BCUT2D eigenvalue weighted by Gasteiger charge is 2.16. The van der Waals surface area contributed by atoms with Gasteiger partial charge in [0.25, 0.3) is 10.1 Å². The van der Waals surface area contributed by atoms with Crippen LogP contribution < -0.4 is 0 Å². The maximum atomic E-state index is 10.9. The molecule has 0 radical (unpaired) electrons. The van der Waals surface area contributed by atoms with E-state index in [0.29, 0.717) is 4.70 Å². The van der Waals surface area contributed by atoms with E-state index in [9.17, 15) is 8.42 Å². The molecule has 0 aliphatic rings. The van der Waals surface area contributed by atoms with Gasteiger partial charge in [0.2, 0.25) is 0 Å². The fraction of sp³-hybridized carbons (Fsp3) is 0. The van der Waals surface area contributed by atoms with Gasteiger partial charge in [-0.25, -0.2) is 4.98 Å². The Morgan fingerprint density at radius 1 is 1.43 bits per heavy atom. The van der Waals surface area contributed by atoms with E-state index in [1.807, 2.05) is 0 Å². The van der Waals surface area contributed by atoms with E-state index >= 15 is 0 Å². The molecule has 1 aromatic carbocycles. The Bertz CT molecular complexity index is 590. The summed E-state index contributed by atoms with van der Waals surface area (Å²) in [5.41, 5.74) is 0.213. The van der Waals surface area contributed by atoms with E-state index < -0.39 is 10.1 Å². The van der Waals surface area contributed by atoms with E-state index in [1.165, 1.54) is 12.1 Å². The second-order valence-electron chi connectivity index (χ2n) is 2.54. The lowest BCUT2D eigenvalue weighted by Gasteiger charge is -1.96. The van der Waals surface area contributed by atoms with E-state index in [-0.39, 0.29) is 14.9 Å². The normalized spacial score (nSPS) is 12.1. The number of para-hydroxylation sites is 1. The largest absolute Gasteiger partial charge is 0.296 e. The number of hydrogen-bond donors (Lipinski definition) is 1. The van der Waals surface area contributed by atoms with Gasteiger partial charge in [-0.3, -0.25) is 4.55 Å². The lowest BCUT2D eigenvalue weighted by Crippen LogP contribution is -1.98. The molecule has 0 saturated heterocycles. The van der Waals surface area contributed by atoms with Crippen LogP contribution in [0.1, 0.15) is 0 Å². The molecule has 0 spiro atoms. The summed E-state index contributed by atoms with van der Waals surface area (Å²) >= 11 is 6.80. The molecule has 14 heavy (non-hydrogen) atoms. The first-order valence-corrected chi connectivity index (χ1v) is 6.14. The zero-order valence-electron chi connectivity index (χ0n) is 6.64. The molecule has 2 rings (SSSR count). The topological polar surface area (TPSA) is 67.3 Å². The molecule has 0 atom stereocenters. The van der Waals surface area contributed by atoms with Crippen LogP contribution in [0.15, 0.2) is 23.1 Å². The summed E-state index contributed by atoms with van der Waals surface area (Å²) < 4.78 is 31.6. The zero-order chi connectivity index (χ0) is 10.3. The summed E-state index contributed by atoms with van der Waals surface area (Å²) in [6.07, 6.45) is 0. The molecule has 0 saturated carbocycles. The van der Waals surface area contributed by atoms with Gasteiger partial charge in [0.15, 0.2) is 4.47 Å². The number of rotatable bonds is 1. The fourth-order valence-electron chi connectivity index (χ4n) is 1.10. The Kier molecular flexibility index (Phi) is 2.23. The third-order valence-corrected chi connectivity index (χ3v) is 3.64. The van der Waals surface area contributed by atoms with Crippen LogP contribution in [0.2, 0.25) is 4.47 Å². The van der Waals surface area contributed by atoms with Gasteiger partial charge in [0.05, 0.1) is 4.70 Å².